The first-order valence-electron chi connectivity index (χ1n) is 5.80. The minimum Gasteiger partial charge on any atom is -0.477 e. The van der Waals surface area contributed by atoms with E-state index < -0.39 is 17.9 Å². The number of aromatic nitrogens is 1. The molecule has 19 heavy (non-hydrogen) atoms. The highest BCUT2D eigenvalue weighted by molar-refractivity contribution is 5.93. The summed E-state index contributed by atoms with van der Waals surface area (Å²) in [7, 11) is 0. The van der Waals surface area contributed by atoms with Gasteiger partial charge in [0.05, 0.1) is 0 Å². The van der Waals surface area contributed by atoms with Crippen LogP contribution < -0.4 is 0 Å². The zero-order chi connectivity index (χ0) is 13.8. The largest absolute Gasteiger partial charge is 0.477 e. The molecule has 4 nitrogen and oxygen atoms in total. The zero-order valence-corrected chi connectivity index (χ0v) is 9.70. The van der Waals surface area contributed by atoms with Crippen LogP contribution in [0.5, 0.6) is 0 Å². The first kappa shape index (κ1) is 12.1. The van der Waals surface area contributed by atoms with E-state index in [0.717, 1.165) is 18.9 Å². The minimum absolute atomic E-state index is 0.0170. The molecule has 2 aromatic heterocycles. The molecule has 1 N–H and O–H groups in total. The summed E-state index contributed by atoms with van der Waals surface area (Å²) < 4.78 is 43.8. The molecule has 0 saturated heterocycles. The molecule has 0 spiro atoms. The fourth-order valence-electron chi connectivity index (χ4n) is 2.10. The molecule has 3 rings (SSSR count). The van der Waals surface area contributed by atoms with Crippen LogP contribution in [0.15, 0.2) is 16.5 Å². The number of furan rings is 1. The van der Waals surface area contributed by atoms with Crippen molar-refractivity contribution in [2.45, 2.75) is 25.6 Å². The maximum atomic E-state index is 12.6. The molecule has 2 aromatic rings. The summed E-state index contributed by atoms with van der Waals surface area (Å²) in [5, 5.41) is 9.23. The second-order valence-electron chi connectivity index (χ2n) is 4.76. The van der Waals surface area contributed by atoms with Gasteiger partial charge >= 0.3 is 12.1 Å². The van der Waals surface area contributed by atoms with E-state index in [1.165, 1.54) is 10.6 Å². The van der Waals surface area contributed by atoms with Gasteiger partial charge in [-0.2, -0.15) is 13.2 Å². The molecule has 7 heteroatoms. The smallest absolute Gasteiger partial charge is 0.449 e. The molecule has 0 amide bonds. The number of carboxylic acids is 1. The number of aromatic carboxylic acids is 1. The molecule has 0 bridgehead atoms. The predicted molar refractivity (Wildman–Crippen MR) is 58.9 cm³/mol. The van der Waals surface area contributed by atoms with Gasteiger partial charge < -0.3 is 14.1 Å². The fourth-order valence-corrected chi connectivity index (χ4v) is 2.10. The average molecular weight is 273 g/mol. The third-order valence-electron chi connectivity index (χ3n) is 3.20. The molecule has 0 aromatic carbocycles. The van der Waals surface area contributed by atoms with Crippen LogP contribution in [0.3, 0.4) is 0 Å². The maximum absolute atomic E-state index is 12.6. The van der Waals surface area contributed by atoms with Crippen molar-refractivity contribution in [2.75, 3.05) is 0 Å². The van der Waals surface area contributed by atoms with Crippen molar-refractivity contribution in [1.29, 1.82) is 0 Å². The number of halogens is 3. The topological polar surface area (TPSA) is 55.4 Å². The highest BCUT2D eigenvalue weighted by Crippen LogP contribution is 2.37. The zero-order valence-electron chi connectivity index (χ0n) is 9.70. The van der Waals surface area contributed by atoms with E-state index in [1.807, 2.05) is 0 Å². The highest BCUT2D eigenvalue weighted by Gasteiger charge is 2.36. The molecule has 102 valence electrons. The van der Waals surface area contributed by atoms with E-state index in [-0.39, 0.29) is 16.8 Å². The Balaban J connectivity index is 2.12. The van der Waals surface area contributed by atoms with Crippen LogP contribution in [-0.4, -0.2) is 15.6 Å². The predicted octanol–water partition coefficient (Wildman–Crippen LogP) is 3.36. The summed E-state index contributed by atoms with van der Waals surface area (Å²) in [5.41, 5.74) is -0.0500. The maximum Gasteiger partial charge on any atom is 0.449 e. The Morgan fingerprint density at radius 1 is 1.42 bits per heavy atom. The van der Waals surface area contributed by atoms with Gasteiger partial charge in [0.2, 0.25) is 11.5 Å². The Morgan fingerprint density at radius 2 is 2.11 bits per heavy atom. The van der Waals surface area contributed by atoms with E-state index in [2.05, 4.69) is 0 Å². The Kier molecular flexibility index (Phi) is 2.42. The van der Waals surface area contributed by atoms with Crippen molar-refractivity contribution in [1.82, 2.24) is 4.57 Å². The van der Waals surface area contributed by atoms with Gasteiger partial charge in [0.25, 0.3) is 0 Å². The monoisotopic (exact) mass is 273 g/mol. The van der Waals surface area contributed by atoms with Crippen LogP contribution in [0, 0.1) is 5.92 Å². The van der Waals surface area contributed by atoms with Gasteiger partial charge in [0.15, 0.2) is 0 Å². The molecule has 0 aliphatic heterocycles. The summed E-state index contributed by atoms with van der Waals surface area (Å²) in [5.74, 6) is -1.94. The van der Waals surface area contributed by atoms with Crippen molar-refractivity contribution in [3.63, 3.8) is 0 Å². The lowest BCUT2D eigenvalue weighted by molar-refractivity contribution is -0.152. The van der Waals surface area contributed by atoms with Crippen LogP contribution in [-0.2, 0) is 12.7 Å². The van der Waals surface area contributed by atoms with Crippen LogP contribution in [0.25, 0.3) is 11.1 Å². The van der Waals surface area contributed by atoms with Crippen LogP contribution in [0.4, 0.5) is 13.2 Å². The quantitative estimate of drug-likeness (QED) is 0.932. The number of carboxylic acid groups (broad SMARTS) is 1. The summed E-state index contributed by atoms with van der Waals surface area (Å²) in [4.78, 5) is 11.1. The molecule has 0 radical (unpaired) electrons. The Bertz CT molecular complexity index is 649. The lowest BCUT2D eigenvalue weighted by atomic mass is 10.3. The van der Waals surface area contributed by atoms with E-state index in [4.69, 9.17) is 9.52 Å². The molecule has 0 atom stereocenters. The Labute approximate surface area is 105 Å². The number of carbonyl (C=O) groups is 1. The number of hydrogen-bond acceptors (Lipinski definition) is 2. The summed E-state index contributed by atoms with van der Waals surface area (Å²) in [6.45, 7) is 0.385. The fraction of sp³-hybridized carbons (Fsp3) is 0.417. The third kappa shape index (κ3) is 2.09. The number of hydrogen-bond donors (Lipinski definition) is 1. The van der Waals surface area contributed by atoms with Crippen molar-refractivity contribution >= 4 is 17.1 Å². The summed E-state index contributed by atoms with van der Waals surface area (Å²) in [6, 6.07) is 2.06. The number of rotatable bonds is 3. The van der Waals surface area contributed by atoms with Crippen LogP contribution in [0.2, 0.25) is 0 Å². The lowest BCUT2D eigenvalue weighted by Gasteiger charge is -2.06. The second kappa shape index (κ2) is 3.79. The first-order valence-corrected chi connectivity index (χ1v) is 5.80. The molecular formula is C12H10F3NO3. The van der Waals surface area contributed by atoms with Crippen LogP contribution >= 0.6 is 0 Å². The van der Waals surface area contributed by atoms with Crippen molar-refractivity contribution < 1.29 is 27.5 Å². The van der Waals surface area contributed by atoms with E-state index in [1.54, 1.807) is 0 Å². The van der Waals surface area contributed by atoms with Gasteiger partial charge in [-0.3, -0.25) is 0 Å². The van der Waals surface area contributed by atoms with Gasteiger partial charge in [-0.25, -0.2) is 4.79 Å². The van der Waals surface area contributed by atoms with Gasteiger partial charge in [-0.1, -0.05) is 0 Å². The molecule has 2 heterocycles. The minimum atomic E-state index is -4.56. The molecule has 0 unspecified atom stereocenters. The molecule has 1 aliphatic rings. The number of fused-ring (bicyclic) bond motifs is 1. The van der Waals surface area contributed by atoms with Gasteiger partial charge in [0.1, 0.15) is 5.69 Å². The van der Waals surface area contributed by atoms with E-state index in [9.17, 15) is 18.0 Å². The second-order valence-corrected chi connectivity index (χ2v) is 4.76. The Hall–Kier alpha value is -1.92. The number of nitrogens with zero attached hydrogens (tertiary/aromatic N) is 1. The van der Waals surface area contributed by atoms with Crippen molar-refractivity contribution in [3.8, 4) is 0 Å². The van der Waals surface area contributed by atoms with Gasteiger partial charge in [-0.05, 0) is 30.9 Å². The molecular weight excluding hydrogens is 263 g/mol. The normalized spacial score (nSPS) is 16.2. The summed E-state index contributed by atoms with van der Waals surface area (Å²) in [6.07, 6.45) is -2.63. The third-order valence-corrected chi connectivity index (χ3v) is 3.20. The summed E-state index contributed by atoms with van der Waals surface area (Å²) >= 11 is 0. The Morgan fingerprint density at radius 3 is 2.63 bits per heavy atom. The highest BCUT2D eigenvalue weighted by atomic mass is 19.4. The molecule has 1 fully saturated rings. The average Bonchev–Trinajstić information content (AvgIpc) is 2.87. The lowest BCUT2D eigenvalue weighted by Crippen LogP contribution is -2.09. The van der Waals surface area contributed by atoms with E-state index >= 15 is 0 Å². The van der Waals surface area contributed by atoms with Crippen LogP contribution in [0.1, 0.15) is 29.1 Å². The van der Waals surface area contributed by atoms with Gasteiger partial charge in [-0.15, -0.1) is 0 Å². The van der Waals surface area contributed by atoms with Gasteiger partial charge in [0, 0.05) is 11.9 Å². The van der Waals surface area contributed by atoms with E-state index in [0.29, 0.717) is 12.5 Å². The number of alkyl halides is 3. The molecule has 1 saturated carbocycles. The molecule has 1 aliphatic carbocycles. The SMILES string of the molecule is O=C(O)c1cc2cc(C(F)(F)F)oc2n1CC1CC1. The standard InChI is InChI=1S/C12H10F3NO3/c13-12(14,15)9-4-7-3-8(11(17)18)16(10(7)19-9)5-6-1-2-6/h3-4,6H,1-2,5H2,(H,17,18). The van der Waals surface area contributed by atoms with Crippen molar-refractivity contribution in [3.05, 3.63) is 23.6 Å². The van der Waals surface area contributed by atoms with Crippen molar-refractivity contribution in [2.24, 2.45) is 5.92 Å². The first-order chi connectivity index (χ1) is 8.86.